The van der Waals surface area contributed by atoms with E-state index in [1.54, 1.807) is 0 Å². The van der Waals surface area contributed by atoms with Gasteiger partial charge in [0.1, 0.15) is 18.1 Å². The van der Waals surface area contributed by atoms with E-state index in [-0.39, 0.29) is 5.75 Å². The van der Waals surface area contributed by atoms with E-state index < -0.39 is 24.4 Å². The number of carboxylic acid groups (broad SMARTS) is 1. The summed E-state index contributed by atoms with van der Waals surface area (Å²) in [7, 11) is 1.27. The van der Waals surface area contributed by atoms with Crippen LogP contribution in [-0.4, -0.2) is 35.7 Å². The summed E-state index contributed by atoms with van der Waals surface area (Å²) in [5, 5.41) is 8.43. The standard InChI is InChI=1S/C10H10FNO4/c1-12(6-9(13)14)10(15)16-8-4-2-3-7(11)5-8/h2-5H,6H2,1H3,(H,13,14). The van der Waals surface area contributed by atoms with Gasteiger partial charge >= 0.3 is 12.1 Å². The van der Waals surface area contributed by atoms with E-state index in [4.69, 9.17) is 9.84 Å². The number of halogens is 1. The average Bonchev–Trinajstić information content (AvgIpc) is 2.16. The number of ether oxygens (including phenoxy) is 1. The summed E-state index contributed by atoms with van der Waals surface area (Å²) in [4.78, 5) is 22.5. The van der Waals surface area contributed by atoms with Crippen molar-refractivity contribution in [2.75, 3.05) is 13.6 Å². The Bertz CT molecular complexity index is 408. The minimum Gasteiger partial charge on any atom is -0.480 e. The molecule has 0 aliphatic rings. The van der Waals surface area contributed by atoms with Crippen molar-refractivity contribution in [3.8, 4) is 5.75 Å². The number of amides is 1. The van der Waals surface area contributed by atoms with Gasteiger partial charge in [-0.3, -0.25) is 9.69 Å². The van der Waals surface area contributed by atoms with Crippen LogP contribution in [-0.2, 0) is 4.79 Å². The molecule has 1 amide bonds. The molecule has 0 aliphatic carbocycles. The average molecular weight is 227 g/mol. The van der Waals surface area contributed by atoms with E-state index in [1.807, 2.05) is 0 Å². The summed E-state index contributed by atoms with van der Waals surface area (Å²) in [5.74, 6) is -1.66. The fraction of sp³-hybridized carbons (Fsp3) is 0.200. The molecular formula is C10H10FNO4. The third kappa shape index (κ3) is 3.56. The SMILES string of the molecule is CN(CC(=O)O)C(=O)Oc1cccc(F)c1. The van der Waals surface area contributed by atoms with Gasteiger partial charge in [-0.15, -0.1) is 0 Å². The largest absolute Gasteiger partial charge is 0.480 e. The van der Waals surface area contributed by atoms with E-state index in [0.717, 1.165) is 11.0 Å². The highest BCUT2D eigenvalue weighted by Crippen LogP contribution is 2.12. The van der Waals surface area contributed by atoms with Crippen LogP contribution in [0.2, 0.25) is 0 Å². The number of benzene rings is 1. The molecule has 0 atom stereocenters. The van der Waals surface area contributed by atoms with Gasteiger partial charge in [0.15, 0.2) is 0 Å². The molecule has 0 radical (unpaired) electrons. The van der Waals surface area contributed by atoms with Crippen molar-refractivity contribution in [3.05, 3.63) is 30.1 Å². The first kappa shape index (κ1) is 12.0. The Morgan fingerprint density at radius 2 is 2.19 bits per heavy atom. The van der Waals surface area contributed by atoms with Crippen molar-refractivity contribution in [3.63, 3.8) is 0 Å². The van der Waals surface area contributed by atoms with Gasteiger partial charge in [-0.1, -0.05) is 6.07 Å². The third-order valence-electron chi connectivity index (χ3n) is 1.69. The highest BCUT2D eigenvalue weighted by atomic mass is 19.1. The number of carboxylic acids is 1. The molecule has 0 aliphatic heterocycles. The molecule has 0 fully saturated rings. The van der Waals surface area contributed by atoms with Crippen LogP contribution in [0.1, 0.15) is 0 Å². The molecule has 0 bridgehead atoms. The molecule has 0 unspecified atom stereocenters. The Labute approximate surface area is 91.0 Å². The van der Waals surface area contributed by atoms with Crippen LogP contribution in [0.3, 0.4) is 0 Å². The molecule has 16 heavy (non-hydrogen) atoms. The lowest BCUT2D eigenvalue weighted by Crippen LogP contribution is -2.34. The van der Waals surface area contributed by atoms with Gasteiger partial charge in [0.05, 0.1) is 0 Å². The number of carbonyl (C=O) groups is 2. The number of hydrogen-bond donors (Lipinski definition) is 1. The molecule has 1 rings (SSSR count). The Morgan fingerprint density at radius 1 is 1.50 bits per heavy atom. The lowest BCUT2D eigenvalue weighted by atomic mass is 10.3. The first-order valence-electron chi connectivity index (χ1n) is 4.39. The van der Waals surface area contributed by atoms with Crippen LogP contribution in [0.15, 0.2) is 24.3 Å². The molecule has 86 valence electrons. The zero-order chi connectivity index (χ0) is 12.1. The Morgan fingerprint density at radius 3 is 2.75 bits per heavy atom. The molecule has 1 N–H and O–H groups in total. The van der Waals surface area contributed by atoms with Crippen molar-refractivity contribution < 1.29 is 23.8 Å². The van der Waals surface area contributed by atoms with Crippen LogP contribution in [0.4, 0.5) is 9.18 Å². The van der Waals surface area contributed by atoms with Crippen LogP contribution in [0.5, 0.6) is 5.75 Å². The van der Waals surface area contributed by atoms with Crippen LogP contribution < -0.4 is 4.74 Å². The zero-order valence-corrected chi connectivity index (χ0v) is 8.51. The van der Waals surface area contributed by atoms with Crippen molar-refractivity contribution in [1.29, 1.82) is 0 Å². The molecular weight excluding hydrogens is 217 g/mol. The summed E-state index contributed by atoms with van der Waals surface area (Å²) < 4.78 is 17.5. The lowest BCUT2D eigenvalue weighted by Gasteiger charge is -2.13. The highest BCUT2D eigenvalue weighted by Gasteiger charge is 2.14. The maximum absolute atomic E-state index is 12.7. The summed E-state index contributed by atoms with van der Waals surface area (Å²) in [6.45, 7) is -0.478. The quantitative estimate of drug-likeness (QED) is 0.846. The minimum absolute atomic E-state index is 0.0299. The van der Waals surface area contributed by atoms with E-state index in [1.165, 1.54) is 25.2 Å². The van der Waals surface area contributed by atoms with Crippen LogP contribution in [0, 0.1) is 5.82 Å². The molecule has 5 nitrogen and oxygen atoms in total. The van der Waals surface area contributed by atoms with Gasteiger partial charge < -0.3 is 9.84 Å². The van der Waals surface area contributed by atoms with E-state index >= 15 is 0 Å². The zero-order valence-electron chi connectivity index (χ0n) is 8.51. The number of aliphatic carboxylic acids is 1. The number of nitrogens with zero attached hydrogens (tertiary/aromatic N) is 1. The lowest BCUT2D eigenvalue weighted by molar-refractivity contribution is -0.137. The Hall–Kier alpha value is -2.11. The van der Waals surface area contributed by atoms with Gasteiger partial charge in [-0.2, -0.15) is 0 Å². The van der Waals surface area contributed by atoms with Crippen molar-refractivity contribution in [1.82, 2.24) is 4.90 Å². The monoisotopic (exact) mass is 227 g/mol. The van der Waals surface area contributed by atoms with Crippen LogP contribution in [0.25, 0.3) is 0 Å². The van der Waals surface area contributed by atoms with Gasteiger partial charge in [0, 0.05) is 13.1 Å². The van der Waals surface area contributed by atoms with Crippen molar-refractivity contribution >= 4 is 12.1 Å². The second kappa shape index (κ2) is 5.11. The summed E-state index contributed by atoms with van der Waals surface area (Å²) >= 11 is 0. The first-order valence-corrected chi connectivity index (χ1v) is 4.39. The maximum Gasteiger partial charge on any atom is 0.415 e. The summed E-state index contributed by atoms with van der Waals surface area (Å²) in [6.07, 6.45) is -0.854. The number of hydrogen-bond acceptors (Lipinski definition) is 3. The highest BCUT2D eigenvalue weighted by molar-refractivity contribution is 5.77. The number of likely N-dealkylation sites (N-methyl/N-ethyl adjacent to an activating group) is 1. The fourth-order valence-corrected chi connectivity index (χ4v) is 0.977. The molecule has 1 aromatic carbocycles. The second-order valence-corrected chi connectivity index (χ2v) is 3.08. The molecule has 0 heterocycles. The van der Waals surface area contributed by atoms with E-state index in [2.05, 4.69) is 0 Å². The number of carbonyl (C=O) groups excluding carboxylic acids is 1. The van der Waals surface area contributed by atoms with Crippen LogP contribution >= 0.6 is 0 Å². The van der Waals surface area contributed by atoms with Gasteiger partial charge in [-0.05, 0) is 12.1 Å². The predicted molar refractivity (Wildman–Crippen MR) is 52.7 cm³/mol. The Kier molecular flexibility index (Phi) is 3.82. The first-order chi connectivity index (χ1) is 7.49. The number of rotatable bonds is 3. The maximum atomic E-state index is 12.7. The van der Waals surface area contributed by atoms with Crippen molar-refractivity contribution in [2.24, 2.45) is 0 Å². The van der Waals surface area contributed by atoms with E-state index in [0.29, 0.717) is 0 Å². The molecule has 0 saturated heterocycles. The molecule has 0 spiro atoms. The summed E-state index contributed by atoms with van der Waals surface area (Å²) in [6, 6.07) is 5.02. The molecule has 6 heteroatoms. The van der Waals surface area contributed by atoms with Gasteiger partial charge in [0.2, 0.25) is 0 Å². The van der Waals surface area contributed by atoms with Gasteiger partial charge in [0.25, 0.3) is 0 Å². The molecule has 0 aromatic heterocycles. The molecule has 1 aromatic rings. The normalized spacial score (nSPS) is 9.62. The minimum atomic E-state index is -1.15. The predicted octanol–water partition coefficient (Wildman–Crippen LogP) is 1.34. The Balaban J connectivity index is 2.60. The van der Waals surface area contributed by atoms with Gasteiger partial charge in [-0.25, -0.2) is 9.18 Å². The molecule has 0 saturated carbocycles. The third-order valence-corrected chi connectivity index (χ3v) is 1.69. The summed E-state index contributed by atoms with van der Waals surface area (Å²) in [5.41, 5.74) is 0. The smallest absolute Gasteiger partial charge is 0.415 e. The van der Waals surface area contributed by atoms with Crippen molar-refractivity contribution in [2.45, 2.75) is 0 Å². The van der Waals surface area contributed by atoms with E-state index in [9.17, 15) is 14.0 Å². The second-order valence-electron chi connectivity index (χ2n) is 3.08. The fourth-order valence-electron chi connectivity index (χ4n) is 0.977. The topological polar surface area (TPSA) is 66.8 Å².